The quantitative estimate of drug-likeness (QED) is 0.261. The molecule has 0 bridgehead atoms. The van der Waals surface area contributed by atoms with E-state index in [0.29, 0.717) is 12.2 Å². The van der Waals surface area contributed by atoms with Crippen molar-refractivity contribution in [2.45, 2.75) is 104 Å². The van der Waals surface area contributed by atoms with Crippen LogP contribution in [0.4, 0.5) is 8.78 Å². The van der Waals surface area contributed by atoms with Gasteiger partial charge < -0.3 is 4.74 Å². The first kappa shape index (κ1) is 23.9. The molecule has 0 N–H and O–H groups in total. The smallest absolute Gasteiger partial charge is 0.200 e. The van der Waals surface area contributed by atoms with E-state index >= 15 is 0 Å². The fraction of sp³-hybridized carbons (Fsp3) is 0.708. The fourth-order valence-electron chi connectivity index (χ4n) is 3.30. The first-order valence-corrected chi connectivity index (χ1v) is 11.0. The summed E-state index contributed by atoms with van der Waals surface area (Å²) in [5.74, 6) is -1.52. The van der Waals surface area contributed by atoms with Crippen molar-refractivity contribution in [3.05, 3.63) is 35.8 Å². The molecule has 1 rings (SSSR count). The molecule has 0 fully saturated rings. The highest BCUT2D eigenvalue weighted by molar-refractivity contribution is 5.32. The van der Waals surface area contributed by atoms with Gasteiger partial charge >= 0.3 is 0 Å². The summed E-state index contributed by atoms with van der Waals surface area (Å²) < 4.78 is 34.2. The van der Waals surface area contributed by atoms with E-state index in [4.69, 9.17) is 4.74 Å². The third-order valence-electron chi connectivity index (χ3n) is 5.18. The molecule has 0 spiro atoms. The van der Waals surface area contributed by atoms with Crippen molar-refractivity contribution in [2.24, 2.45) is 0 Å². The van der Waals surface area contributed by atoms with Crippen LogP contribution in [0.3, 0.4) is 0 Å². The minimum atomic E-state index is -0.836. The molecule has 0 aromatic heterocycles. The van der Waals surface area contributed by atoms with Crippen molar-refractivity contribution in [2.75, 3.05) is 6.61 Å². The number of hydrogen-bond donors (Lipinski definition) is 0. The van der Waals surface area contributed by atoms with Gasteiger partial charge in [-0.1, -0.05) is 84.6 Å². The topological polar surface area (TPSA) is 9.23 Å². The van der Waals surface area contributed by atoms with Gasteiger partial charge in [-0.2, -0.15) is 4.39 Å². The molecule has 27 heavy (non-hydrogen) atoms. The molecule has 1 aromatic carbocycles. The zero-order valence-electron chi connectivity index (χ0n) is 17.7. The molecule has 3 heteroatoms. The minimum Gasteiger partial charge on any atom is -0.490 e. The summed E-state index contributed by atoms with van der Waals surface area (Å²) >= 11 is 0. The Morgan fingerprint density at radius 2 is 1.52 bits per heavy atom. The van der Waals surface area contributed by atoms with E-state index in [-0.39, 0.29) is 11.7 Å². The normalized spacial score (nSPS) is 12.3. The number of unbranched alkanes of at least 4 members (excludes halogenated alkanes) is 10. The van der Waals surface area contributed by atoms with Crippen LogP contribution in [0.15, 0.2) is 12.1 Å². The van der Waals surface area contributed by atoms with Gasteiger partial charge in [-0.15, -0.1) is 0 Å². The molecule has 0 saturated carbocycles. The SMILES string of the molecule is CCCC[CH]CCC(C)c1ccc(OCCCCCCCCC)c(F)c1F. The molecule has 1 radical (unpaired) electrons. The maximum Gasteiger partial charge on any atom is 0.200 e. The predicted octanol–water partition coefficient (Wildman–Crippen LogP) is 8.37. The highest BCUT2D eigenvalue weighted by Crippen LogP contribution is 2.30. The second-order valence-corrected chi connectivity index (χ2v) is 7.66. The molecular formula is C24H39F2O. The molecule has 0 aliphatic rings. The number of hydrogen-bond acceptors (Lipinski definition) is 1. The Bertz CT molecular complexity index is 501. The van der Waals surface area contributed by atoms with E-state index in [1.54, 1.807) is 12.1 Å². The molecule has 0 heterocycles. The third-order valence-corrected chi connectivity index (χ3v) is 5.18. The molecule has 1 aromatic rings. The van der Waals surface area contributed by atoms with Gasteiger partial charge in [0.25, 0.3) is 0 Å². The van der Waals surface area contributed by atoms with E-state index < -0.39 is 11.6 Å². The molecular weight excluding hydrogens is 342 g/mol. The Kier molecular flexibility index (Phi) is 13.2. The molecule has 1 unspecified atom stereocenters. The van der Waals surface area contributed by atoms with Gasteiger partial charge in [-0.25, -0.2) is 4.39 Å². The lowest BCUT2D eigenvalue weighted by molar-refractivity contribution is 0.284. The van der Waals surface area contributed by atoms with Crippen molar-refractivity contribution in [1.82, 2.24) is 0 Å². The van der Waals surface area contributed by atoms with Gasteiger partial charge in [0, 0.05) is 0 Å². The van der Waals surface area contributed by atoms with Gasteiger partial charge in [-0.3, -0.25) is 0 Å². The molecule has 0 amide bonds. The lowest BCUT2D eigenvalue weighted by atomic mass is 9.94. The monoisotopic (exact) mass is 381 g/mol. The third kappa shape index (κ3) is 9.58. The van der Waals surface area contributed by atoms with Crippen molar-refractivity contribution in [1.29, 1.82) is 0 Å². The van der Waals surface area contributed by atoms with Crippen LogP contribution in [-0.4, -0.2) is 6.61 Å². The van der Waals surface area contributed by atoms with E-state index in [0.717, 1.165) is 32.1 Å². The molecule has 1 atom stereocenters. The fourth-order valence-corrected chi connectivity index (χ4v) is 3.30. The number of benzene rings is 1. The highest BCUT2D eigenvalue weighted by Gasteiger charge is 2.18. The second-order valence-electron chi connectivity index (χ2n) is 7.66. The second kappa shape index (κ2) is 14.9. The molecule has 0 aliphatic heterocycles. The first-order valence-electron chi connectivity index (χ1n) is 11.0. The molecule has 0 saturated heterocycles. The zero-order chi connectivity index (χ0) is 19.9. The van der Waals surface area contributed by atoms with Crippen LogP contribution in [0.2, 0.25) is 0 Å². The van der Waals surface area contributed by atoms with Gasteiger partial charge in [-0.05, 0) is 43.2 Å². The van der Waals surface area contributed by atoms with Crippen molar-refractivity contribution >= 4 is 0 Å². The van der Waals surface area contributed by atoms with Crippen LogP contribution in [0.25, 0.3) is 0 Å². The number of ether oxygens (including phenoxy) is 1. The largest absolute Gasteiger partial charge is 0.490 e. The average Bonchev–Trinajstić information content (AvgIpc) is 2.66. The predicted molar refractivity (Wildman–Crippen MR) is 111 cm³/mol. The van der Waals surface area contributed by atoms with Crippen LogP contribution >= 0.6 is 0 Å². The Morgan fingerprint density at radius 1 is 0.852 bits per heavy atom. The summed E-state index contributed by atoms with van der Waals surface area (Å²) in [4.78, 5) is 0. The molecule has 1 nitrogen and oxygen atoms in total. The lowest BCUT2D eigenvalue weighted by Crippen LogP contribution is -2.05. The maximum atomic E-state index is 14.4. The zero-order valence-corrected chi connectivity index (χ0v) is 17.7. The van der Waals surface area contributed by atoms with Crippen molar-refractivity contribution in [3.8, 4) is 5.75 Å². The maximum absolute atomic E-state index is 14.4. The summed E-state index contributed by atoms with van der Waals surface area (Å²) in [6.07, 6.45) is 15.8. The van der Waals surface area contributed by atoms with Gasteiger partial charge in [0.15, 0.2) is 11.6 Å². The van der Waals surface area contributed by atoms with E-state index in [2.05, 4.69) is 20.3 Å². The standard InChI is InChI=1S/C24H39F2O/c1-4-6-8-10-11-13-15-19-27-22-18-17-21(23(25)24(22)26)20(3)16-14-12-9-7-5-2/h12,17-18,20H,4-11,13-16,19H2,1-3H3. The summed E-state index contributed by atoms with van der Waals surface area (Å²) in [5, 5.41) is 0. The Morgan fingerprint density at radius 3 is 2.22 bits per heavy atom. The van der Waals surface area contributed by atoms with E-state index in [9.17, 15) is 8.78 Å². The summed E-state index contributed by atoms with van der Waals surface area (Å²) in [7, 11) is 0. The Labute approximate surface area is 165 Å². The van der Waals surface area contributed by atoms with Crippen LogP contribution in [-0.2, 0) is 0 Å². The minimum absolute atomic E-state index is 0.00884. The van der Waals surface area contributed by atoms with Crippen LogP contribution in [0, 0.1) is 18.1 Å². The van der Waals surface area contributed by atoms with Gasteiger partial charge in [0.1, 0.15) is 0 Å². The van der Waals surface area contributed by atoms with Gasteiger partial charge in [0.2, 0.25) is 5.82 Å². The van der Waals surface area contributed by atoms with Crippen LogP contribution in [0.5, 0.6) is 5.75 Å². The molecule has 155 valence electrons. The van der Waals surface area contributed by atoms with Crippen molar-refractivity contribution in [3.63, 3.8) is 0 Å². The van der Waals surface area contributed by atoms with E-state index in [1.807, 2.05) is 6.92 Å². The van der Waals surface area contributed by atoms with Crippen LogP contribution in [0.1, 0.15) is 109 Å². The molecule has 0 aliphatic carbocycles. The summed E-state index contributed by atoms with van der Waals surface area (Å²) in [6.45, 7) is 6.79. The summed E-state index contributed by atoms with van der Waals surface area (Å²) in [6, 6.07) is 3.28. The Hall–Kier alpha value is -1.12. The van der Waals surface area contributed by atoms with Crippen molar-refractivity contribution < 1.29 is 13.5 Å². The summed E-state index contributed by atoms with van der Waals surface area (Å²) in [5.41, 5.74) is 0.458. The lowest BCUT2D eigenvalue weighted by Gasteiger charge is -2.15. The number of rotatable bonds is 16. The van der Waals surface area contributed by atoms with Gasteiger partial charge in [0.05, 0.1) is 6.61 Å². The van der Waals surface area contributed by atoms with Crippen LogP contribution < -0.4 is 4.74 Å². The Balaban J connectivity index is 2.36. The average molecular weight is 382 g/mol. The van der Waals surface area contributed by atoms with E-state index in [1.165, 1.54) is 44.9 Å². The first-order chi connectivity index (χ1) is 13.1. The highest BCUT2D eigenvalue weighted by atomic mass is 19.2. The number of halogens is 2.